The lowest BCUT2D eigenvalue weighted by Gasteiger charge is -2.04. The zero-order valence-electron chi connectivity index (χ0n) is 16.3. The van der Waals surface area contributed by atoms with Crippen LogP contribution in [0.5, 0.6) is 5.88 Å². The Hall–Kier alpha value is -4.64. The summed E-state index contributed by atoms with van der Waals surface area (Å²) in [4.78, 5) is 30.4. The smallest absolute Gasteiger partial charge is 0.275 e. The molecular formula is C23H15N5O3. The molecule has 150 valence electrons. The summed E-state index contributed by atoms with van der Waals surface area (Å²) >= 11 is 0. The Bertz CT molecular complexity index is 1700. The van der Waals surface area contributed by atoms with E-state index in [4.69, 9.17) is 0 Å². The van der Waals surface area contributed by atoms with Crippen molar-refractivity contribution in [1.82, 2.24) is 19.2 Å². The van der Waals surface area contributed by atoms with Gasteiger partial charge in [0.1, 0.15) is 11.6 Å². The van der Waals surface area contributed by atoms with Crippen molar-refractivity contribution in [2.45, 2.75) is 6.92 Å². The zero-order chi connectivity index (χ0) is 21.7. The third-order valence-corrected chi connectivity index (χ3v) is 5.32. The number of H-pyrrole nitrogens is 1. The molecule has 0 saturated heterocycles. The number of aromatic amines is 1. The van der Waals surface area contributed by atoms with Crippen molar-refractivity contribution in [2.75, 3.05) is 0 Å². The van der Waals surface area contributed by atoms with Gasteiger partial charge < -0.3 is 5.11 Å². The number of pyridine rings is 1. The first-order valence-corrected chi connectivity index (χ1v) is 9.46. The number of hydrogen-bond donors (Lipinski definition) is 2. The van der Waals surface area contributed by atoms with E-state index >= 15 is 0 Å². The molecule has 3 aromatic heterocycles. The predicted molar refractivity (Wildman–Crippen MR) is 115 cm³/mol. The third-order valence-electron chi connectivity index (χ3n) is 5.32. The number of benzene rings is 2. The number of para-hydroxylation sites is 3. The molecule has 0 aliphatic heterocycles. The summed E-state index contributed by atoms with van der Waals surface area (Å²) in [5, 5.41) is 23.1. The van der Waals surface area contributed by atoms with Gasteiger partial charge in [-0.1, -0.05) is 30.3 Å². The van der Waals surface area contributed by atoms with E-state index in [9.17, 15) is 20.0 Å². The zero-order valence-corrected chi connectivity index (χ0v) is 16.3. The van der Waals surface area contributed by atoms with Gasteiger partial charge in [0.05, 0.1) is 22.3 Å². The van der Waals surface area contributed by atoms with Gasteiger partial charge in [-0.3, -0.25) is 19.1 Å². The fourth-order valence-electron chi connectivity index (χ4n) is 3.76. The average molecular weight is 409 g/mol. The van der Waals surface area contributed by atoms with Crippen LogP contribution in [0, 0.1) is 18.3 Å². The highest BCUT2D eigenvalue weighted by Crippen LogP contribution is 2.20. The lowest BCUT2D eigenvalue weighted by molar-refractivity contribution is 0.432. The van der Waals surface area contributed by atoms with Crippen LogP contribution in [0.1, 0.15) is 16.7 Å². The molecule has 0 fully saturated rings. The van der Waals surface area contributed by atoms with Gasteiger partial charge in [-0.05, 0) is 42.8 Å². The molecule has 2 N–H and O–H groups in total. The molecule has 0 amide bonds. The summed E-state index contributed by atoms with van der Waals surface area (Å²) in [7, 11) is 0. The number of nitrogens with one attached hydrogen (secondary N) is 1. The van der Waals surface area contributed by atoms with Gasteiger partial charge in [-0.25, -0.2) is 9.67 Å². The lowest BCUT2D eigenvalue weighted by Crippen LogP contribution is -2.34. The highest BCUT2D eigenvalue weighted by atomic mass is 16.3. The second kappa shape index (κ2) is 6.71. The third kappa shape index (κ3) is 2.64. The normalized spacial score (nSPS) is 11.9. The summed E-state index contributed by atoms with van der Waals surface area (Å²) in [6.45, 7) is 1.63. The van der Waals surface area contributed by atoms with E-state index in [1.165, 1.54) is 15.2 Å². The summed E-state index contributed by atoms with van der Waals surface area (Å²) in [5.74, 6) is -0.330. The minimum Gasteiger partial charge on any atom is -0.493 e. The van der Waals surface area contributed by atoms with Gasteiger partial charge in [0.25, 0.3) is 11.1 Å². The van der Waals surface area contributed by atoms with E-state index in [0.717, 1.165) is 0 Å². The van der Waals surface area contributed by atoms with Crippen molar-refractivity contribution in [3.05, 3.63) is 97.2 Å². The van der Waals surface area contributed by atoms with E-state index in [-0.39, 0.29) is 27.9 Å². The van der Waals surface area contributed by atoms with Gasteiger partial charge in [-0.2, -0.15) is 5.26 Å². The van der Waals surface area contributed by atoms with Gasteiger partial charge in [0.2, 0.25) is 5.88 Å². The first kappa shape index (κ1) is 18.4. The molecule has 0 aliphatic carbocycles. The van der Waals surface area contributed by atoms with E-state index in [0.29, 0.717) is 22.3 Å². The van der Waals surface area contributed by atoms with Crippen molar-refractivity contribution in [1.29, 1.82) is 5.26 Å². The van der Waals surface area contributed by atoms with Crippen LogP contribution in [0.3, 0.4) is 0 Å². The van der Waals surface area contributed by atoms with Crippen molar-refractivity contribution in [2.24, 2.45) is 0 Å². The van der Waals surface area contributed by atoms with Gasteiger partial charge in [-0.15, -0.1) is 0 Å². The molecule has 3 heterocycles. The van der Waals surface area contributed by atoms with Crippen molar-refractivity contribution in [3.8, 4) is 17.6 Å². The van der Waals surface area contributed by atoms with Crippen molar-refractivity contribution >= 4 is 22.8 Å². The molecule has 31 heavy (non-hydrogen) atoms. The Kier molecular flexibility index (Phi) is 3.98. The van der Waals surface area contributed by atoms with Crippen LogP contribution >= 0.6 is 0 Å². The monoisotopic (exact) mass is 409 g/mol. The highest BCUT2D eigenvalue weighted by Gasteiger charge is 2.18. The molecule has 8 heteroatoms. The average Bonchev–Trinajstić information content (AvgIpc) is 3.30. The molecule has 0 unspecified atom stereocenters. The Morgan fingerprint density at radius 2 is 1.81 bits per heavy atom. The highest BCUT2D eigenvalue weighted by molar-refractivity contribution is 5.82. The Morgan fingerprint density at radius 1 is 1.10 bits per heavy atom. The van der Waals surface area contributed by atoms with Crippen LogP contribution < -0.4 is 16.3 Å². The molecule has 0 atom stereocenters. The van der Waals surface area contributed by atoms with Crippen LogP contribution in [0.2, 0.25) is 0 Å². The summed E-state index contributed by atoms with van der Waals surface area (Å²) in [6.07, 6.45) is 1.32. The Balaban J connectivity index is 1.88. The van der Waals surface area contributed by atoms with E-state index in [1.807, 2.05) is 6.07 Å². The maximum absolute atomic E-state index is 13.4. The topological polar surface area (TPSA) is 116 Å². The molecule has 0 radical (unpaired) electrons. The molecule has 0 spiro atoms. The molecule has 2 aromatic carbocycles. The van der Waals surface area contributed by atoms with Crippen LogP contribution in [0.4, 0.5) is 0 Å². The fourth-order valence-corrected chi connectivity index (χ4v) is 3.76. The summed E-state index contributed by atoms with van der Waals surface area (Å²) in [6, 6.07) is 18.0. The number of nitrogens with zero attached hydrogens (tertiary/aromatic N) is 4. The number of aromatic nitrogens is 4. The molecule has 0 saturated carbocycles. The second-order valence-corrected chi connectivity index (χ2v) is 7.08. The maximum atomic E-state index is 13.4. The quantitative estimate of drug-likeness (QED) is 0.461. The molecule has 0 bridgehead atoms. The largest absolute Gasteiger partial charge is 0.493 e. The van der Waals surface area contributed by atoms with Gasteiger partial charge >= 0.3 is 0 Å². The van der Waals surface area contributed by atoms with Gasteiger partial charge in [0.15, 0.2) is 5.65 Å². The van der Waals surface area contributed by atoms with Crippen LogP contribution in [0.15, 0.2) is 64.2 Å². The number of imidazole rings is 1. The first-order valence-electron chi connectivity index (χ1n) is 9.46. The summed E-state index contributed by atoms with van der Waals surface area (Å²) in [5.41, 5.74) is 1.55. The molecule has 0 aliphatic rings. The number of rotatable bonds is 2. The van der Waals surface area contributed by atoms with Crippen molar-refractivity contribution < 1.29 is 5.11 Å². The van der Waals surface area contributed by atoms with Crippen LogP contribution in [-0.2, 0) is 0 Å². The van der Waals surface area contributed by atoms with Crippen LogP contribution in [0.25, 0.3) is 28.4 Å². The number of aromatic hydroxyl groups is 1. The number of fused-ring (bicyclic) bond motifs is 3. The SMILES string of the molecule is Cc1c(C#N)c2nc3ccccc3n2c(=O)/c1=C\c1c(O)n(-c2ccccc2)[nH]c1=O. The molecule has 8 nitrogen and oxygen atoms in total. The van der Waals surface area contributed by atoms with Gasteiger partial charge in [0, 0.05) is 5.22 Å². The minimum absolute atomic E-state index is 0.0725. The second-order valence-electron chi connectivity index (χ2n) is 7.08. The Morgan fingerprint density at radius 3 is 2.55 bits per heavy atom. The Labute approximate surface area is 174 Å². The van der Waals surface area contributed by atoms with E-state index in [1.54, 1.807) is 55.5 Å². The maximum Gasteiger partial charge on any atom is 0.275 e. The van der Waals surface area contributed by atoms with Crippen molar-refractivity contribution in [3.63, 3.8) is 0 Å². The molecule has 5 rings (SSSR count). The van der Waals surface area contributed by atoms with E-state index in [2.05, 4.69) is 16.2 Å². The predicted octanol–water partition coefficient (Wildman–Crippen LogP) is 1.76. The minimum atomic E-state index is -0.561. The summed E-state index contributed by atoms with van der Waals surface area (Å²) < 4.78 is 2.61. The standard InChI is InChI=1S/C23H15N5O3/c1-13-15(11-16-21(29)26-28(23(16)31)14-7-3-2-4-8-14)22(30)27-19-10-6-5-9-18(19)25-20(27)17(13)12-24/h2-11,31H,1H3,(H,26,29)/b15-11-. The number of hydrogen-bond acceptors (Lipinski definition) is 5. The first-order chi connectivity index (χ1) is 15.0. The van der Waals surface area contributed by atoms with E-state index < -0.39 is 11.1 Å². The molecule has 5 aromatic rings. The molecular weight excluding hydrogens is 394 g/mol. The number of nitriles is 1. The van der Waals surface area contributed by atoms with Crippen LogP contribution in [-0.4, -0.2) is 24.3 Å². The lowest BCUT2D eigenvalue weighted by atomic mass is 10.1. The fraction of sp³-hybridized carbons (Fsp3) is 0.0435.